The molecule has 0 radical (unpaired) electrons. The highest BCUT2D eigenvalue weighted by molar-refractivity contribution is 5.75. The average molecular weight is 493 g/mol. The predicted octanol–water partition coefficient (Wildman–Crippen LogP) is 5.20. The summed E-state index contributed by atoms with van der Waals surface area (Å²) in [5.41, 5.74) is 2.67. The number of phenolic OH excluding ortho intramolecular Hbond substituents is 1. The quantitative estimate of drug-likeness (QED) is 0.242. The summed E-state index contributed by atoms with van der Waals surface area (Å²) in [6.45, 7) is 3.28. The Hall–Kier alpha value is -2.57. The van der Waals surface area contributed by atoms with Crippen molar-refractivity contribution in [1.82, 2.24) is 5.32 Å². The van der Waals surface area contributed by atoms with Crippen LogP contribution in [-0.2, 0) is 11.2 Å². The summed E-state index contributed by atoms with van der Waals surface area (Å²) in [4.78, 5) is 10.7. The monoisotopic (exact) mass is 492 g/mol. The van der Waals surface area contributed by atoms with Crippen LogP contribution in [0.15, 0.2) is 42.5 Å². The molecule has 194 valence electrons. The number of hydrogen-bond acceptors (Lipinski definition) is 5. The normalized spacial score (nSPS) is 28.0. The predicted molar refractivity (Wildman–Crippen MR) is 141 cm³/mol. The number of phenols is 1. The van der Waals surface area contributed by atoms with Gasteiger partial charge in [-0.05, 0) is 117 Å². The summed E-state index contributed by atoms with van der Waals surface area (Å²) >= 11 is 0. The Morgan fingerprint density at radius 1 is 1.08 bits per heavy atom. The first-order valence-corrected chi connectivity index (χ1v) is 13.6. The van der Waals surface area contributed by atoms with Crippen molar-refractivity contribution in [3.8, 4) is 11.5 Å². The maximum absolute atomic E-state index is 10.7. The third kappa shape index (κ3) is 5.87. The molecule has 6 heteroatoms. The zero-order valence-corrected chi connectivity index (χ0v) is 21.3. The molecule has 4 fully saturated rings. The summed E-state index contributed by atoms with van der Waals surface area (Å²) < 4.78 is 6.25. The molecule has 0 saturated heterocycles. The molecule has 0 aliphatic heterocycles. The van der Waals surface area contributed by atoms with E-state index in [1.165, 1.54) is 56.6 Å². The number of carbonyl (C=O) groups excluding carboxylic acids is 1. The molecule has 0 spiro atoms. The molecule has 2 aromatic carbocycles. The molecule has 0 aromatic heterocycles. The fourth-order valence-corrected chi connectivity index (χ4v) is 7.54. The number of aliphatic hydroxyl groups is 1. The molecule has 4 N–H and O–H groups in total. The number of carbonyl (C=O) groups is 1. The van der Waals surface area contributed by atoms with E-state index < -0.39 is 6.10 Å². The van der Waals surface area contributed by atoms with E-state index in [1.807, 2.05) is 0 Å². The van der Waals surface area contributed by atoms with Crippen LogP contribution in [0.25, 0.3) is 0 Å². The smallest absolute Gasteiger partial charge is 0.211 e. The summed E-state index contributed by atoms with van der Waals surface area (Å²) in [6.07, 6.45) is 10.5. The highest BCUT2D eigenvalue weighted by Gasteiger charge is 2.50. The van der Waals surface area contributed by atoms with Crippen molar-refractivity contribution in [1.29, 1.82) is 0 Å². The minimum atomic E-state index is -0.750. The number of amides is 1. The van der Waals surface area contributed by atoms with Crippen LogP contribution in [0.1, 0.15) is 69.1 Å². The number of nitrogens with one attached hydrogen (secondary N) is 2. The van der Waals surface area contributed by atoms with Gasteiger partial charge >= 0.3 is 0 Å². The van der Waals surface area contributed by atoms with Gasteiger partial charge in [-0.3, -0.25) is 4.79 Å². The molecule has 4 aliphatic carbocycles. The highest BCUT2D eigenvalue weighted by Crippen LogP contribution is 2.61. The van der Waals surface area contributed by atoms with Crippen molar-refractivity contribution < 1.29 is 19.7 Å². The van der Waals surface area contributed by atoms with Crippen LogP contribution >= 0.6 is 0 Å². The summed E-state index contributed by atoms with van der Waals surface area (Å²) in [6, 6.07) is 13.3. The summed E-state index contributed by atoms with van der Waals surface area (Å²) in [5.74, 6) is 3.87. The number of ether oxygens (including phenoxy) is 1. The number of hydrogen-bond donors (Lipinski definition) is 4. The van der Waals surface area contributed by atoms with E-state index in [2.05, 4.69) is 41.8 Å². The lowest BCUT2D eigenvalue weighted by molar-refractivity contribution is -0.105. The van der Waals surface area contributed by atoms with Crippen molar-refractivity contribution in [2.75, 3.05) is 18.5 Å². The van der Waals surface area contributed by atoms with Gasteiger partial charge in [-0.2, -0.15) is 0 Å². The van der Waals surface area contributed by atoms with Gasteiger partial charge in [0.1, 0.15) is 11.5 Å². The van der Waals surface area contributed by atoms with Gasteiger partial charge in [-0.25, -0.2) is 0 Å². The standard InChI is InChI=1S/C30H40N2O4/c1-20(31-18-29(35)25-5-6-28(34)27(14-25)32-19-33)9-21-3-2-4-26(13-21)36-8-7-30-15-22-10-23(16-30)12-24(11-22)17-30/h2-6,13-14,19-20,22-24,29,31,34-35H,7-12,15-18H2,1H3,(H,32,33)/t20-,22?,23?,24?,29+,30?/m1/s1. The second-order valence-corrected chi connectivity index (χ2v) is 11.7. The SMILES string of the molecule is C[C@H](Cc1cccc(OCCC23CC4CC(CC(C4)C2)C3)c1)NC[C@H](O)c1ccc(O)c(NC=O)c1. The van der Waals surface area contributed by atoms with Crippen molar-refractivity contribution in [3.63, 3.8) is 0 Å². The number of rotatable bonds is 12. The van der Waals surface area contributed by atoms with Crippen LogP contribution in [0.4, 0.5) is 5.69 Å². The lowest BCUT2D eigenvalue weighted by Crippen LogP contribution is -2.46. The topological polar surface area (TPSA) is 90.8 Å². The first-order valence-electron chi connectivity index (χ1n) is 13.6. The molecule has 6 nitrogen and oxygen atoms in total. The lowest BCUT2D eigenvalue weighted by atomic mass is 9.49. The van der Waals surface area contributed by atoms with Crippen LogP contribution < -0.4 is 15.4 Å². The largest absolute Gasteiger partial charge is 0.506 e. The Bertz CT molecular complexity index is 1020. The van der Waals surface area contributed by atoms with Gasteiger partial charge in [-0.15, -0.1) is 0 Å². The molecule has 4 saturated carbocycles. The van der Waals surface area contributed by atoms with E-state index in [0.29, 0.717) is 23.9 Å². The van der Waals surface area contributed by atoms with Crippen LogP contribution in [-0.4, -0.2) is 35.8 Å². The van der Waals surface area contributed by atoms with Gasteiger partial charge in [0.2, 0.25) is 6.41 Å². The Balaban J connectivity index is 1.08. The Kier molecular flexibility index (Phi) is 7.54. The Morgan fingerprint density at radius 3 is 2.50 bits per heavy atom. The number of aromatic hydroxyl groups is 1. The molecule has 0 heterocycles. The maximum atomic E-state index is 10.7. The fraction of sp³-hybridized carbons (Fsp3) is 0.567. The van der Waals surface area contributed by atoms with E-state index in [9.17, 15) is 15.0 Å². The van der Waals surface area contributed by atoms with Crippen LogP contribution in [0.2, 0.25) is 0 Å². The first kappa shape index (κ1) is 25.1. The van der Waals surface area contributed by atoms with Crippen LogP contribution in [0.3, 0.4) is 0 Å². The van der Waals surface area contributed by atoms with Crippen molar-refractivity contribution in [2.45, 2.75) is 70.4 Å². The van der Waals surface area contributed by atoms with Gasteiger partial charge in [-0.1, -0.05) is 18.2 Å². The molecular weight excluding hydrogens is 452 g/mol. The average Bonchev–Trinajstić information content (AvgIpc) is 2.83. The molecular formula is C30H40N2O4. The molecule has 6 rings (SSSR count). The van der Waals surface area contributed by atoms with Crippen molar-refractivity contribution >= 4 is 12.1 Å². The Labute approximate surface area is 214 Å². The number of aliphatic hydroxyl groups excluding tert-OH is 1. The third-order valence-electron chi connectivity index (χ3n) is 8.79. The fourth-order valence-electron chi connectivity index (χ4n) is 7.54. The van der Waals surface area contributed by atoms with Crippen LogP contribution in [0.5, 0.6) is 11.5 Å². The third-order valence-corrected chi connectivity index (χ3v) is 8.79. The van der Waals surface area contributed by atoms with E-state index in [-0.39, 0.29) is 17.5 Å². The van der Waals surface area contributed by atoms with E-state index in [1.54, 1.807) is 12.1 Å². The number of anilines is 1. The molecule has 2 aromatic rings. The first-order chi connectivity index (χ1) is 17.4. The number of benzene rings is 2. The molecule has 4 aliphatic rings. The molecule has 0 unspecified atom stereocenters. The molecule has 2 atom stereocenters. The summed E-state index contributed by atoms with van der Waals surface area (Å²) in [7, 11) is 0. The van der Waals surface area contributed by atoms with Crippen molar-refractivity contribution in [2.24, 2.45) is 23.2 Å². The van der Waals surface area contributed by atoms with Crippen LogP contribution in [0, 0.1) is 23.2 Å². The van der Waals surface area contributed by atoms with E-state index in [0.717, 1.165) is 36.5 Å². The molecule has 1 amide bonds. The second kappa shape index (κ2) is 10.8. The Morgan fingerprint density at radius 2 is 1.81 bits per heavy atom. The van der Waals surface area contributed by atoms with Gasteiger partial charge < -0.3 is 25.6 Å². The molecule has 36 heavy (non-hydrogen) atoms. The summed E-state index contributed by atoms with van der Waals surface area (Å²) in [5, 5.41) is 26.2. The minimum absolute atomic E-state index is 0.0283. The van der Waals surface area contributed by atoms with Gasteiger partial charge in [0, 0.05) is 12.6 Å². The zero-order valence-electron chi connectivity index (χ0n) is 21.3. The highest BCUT2D eigenvalue weighted by atomic mass is 16.5. The van der Waals surface area contributed by atoms with E-state index in [4.69, 9.17) is 4.74 Å². The van der Waals surface area contributed by atoms with Gasteiger partial charge in [0.15, 0.2) is 0 Å². The minimum Gasteiger partial charge on any atom is -0.506 e. The lowest BCUT2D eigenvalue weighted by Gasteiger charge is -2.57. The van der Waals surface area contributed by atoms with Gasteiger partial charge in [0.05, 0.1) is 18.4 Å². The second-order valence-electron chi connectivity index (χ2n) is 11.7. The maximum Gasteiger partial charge on any atom is 0.211 e. The van der Waals surface area contributed by atoms with Crippen molar-refractivity contribution in [3.05, 3.63) is 53.6 Å². The zero-order chi connectivity index (χ0) is 25.1. The van der Waals surface area contributed by atoms with Gasteiger partial charge in [0.25, 0.3) is 0 Å². The van der Waals surface area contributed by atoms with E-state index >= 15 is 0 Å². The molecule has 4 bridgehead atoms.